The number of anilines is 1. The van der Waals surface area contributed by atoms with Crippen molar-refractivity contribution in [1.82, 2.24) is 10.2 Å². The van der Waals surface area contributed by atoms with Crippen molar-refractivity contribution in [2.75, 3.05) is 18.4 Å². The van der Waals surface area contributed by atoms with E-state index >= 15 is 0 Å². The lowest BCUT2D eigenvalue weighted by Crippen LogP contribution is -2.55. The van der Waals surface area contributed by atoms with Crippen LogP contribution in [-0.4, -0.2) is 53.3 Å². The molecule has 2 rings (SSSR count). The van der Waals surface area contributed by atoms with Crippen LogP contribution in [0, 0.1) is 0 Å². The first-order valence-electron chi connectivity index (χ1n) is 8.67. The van der Waals surface area contributed by atoms with Gasteiger partial charge in [0.2, 0.25) is 0 Å². The normalized spacial score (nSPS) is 19.4. The van der Waals surface area contributed by atoms with Gasteiger partial charge in [-0.1, -0.05) is 6.92 Å². The van der Waals surface area contributed by atoms with E-state index < -0.39 is 5.97 Å². The second-order valence-corrected chi connectivity index (χ2v) is 6.57. The summed E-state index contributed by atoms with van der Waals surface area (Å²) in [6.45, 7) is 6.61. The van der Waals surface area contributed by atoms with Crippen molar-refractivity contribution in [3.05, 3.63) is 24.3 Å². The molecule has 1 aliphatic rings. The highest BCUT2D eigenvalue weighted by molar-refractivity contribution is 5.89. The number of hydrogen-bond acceptors (Lipinski definition) is 4. The van der Waals surface area contributed by atoms with Gasteiger partial charge in [-0.2, -0.15) is 0 Å². The molecule has 0 atom stereocenters. The van der Waals surface area contributed by atoms with Crippen LogP contribution in [0.3, 0.4) is 0 Å². The summed E-state index contributed by atoms with van der Waals surface area (Å²) in [6.07, 6.45) is 1.66. The second-order valence-electron chi connectivity index (χ2n) is 6.57. The number of carbonyl (C=O) groups is 2. The first kappa shape index (κ1) is 19.1. The molecule has 1 aliphatic carbocycles. The van der Waals surface area contributed by atoms with Gasteiger partial charge >= 0.3 is 12.0 Å². The monoisotopic (exact) mass is 349 g/mol. The Morgan fingerprint density at radius 1 is 1.28 bits per heavy atom. The van der Waals surface area contributed by atoms with E-state index in [4.69, 9.17) is 9.84 Å². The summed E-state index contributed by atoms with van der Waals surface area (Å²) in [4.78, 5) is 24.8. The topological polar surface area (TPSA) is 90.9 Å². The van der Waals surface area contributed by atoms with Crippen LogP contribution in [0.25, 0.3) is 0 Å². The first-order valence-corrected chi connectivity index (χ1v) is 8.67. The maximum absolute atomic E-state index is 12.0. The van der Waals surface area contributed by atoms with Crippen LogP contribution in [0.5, 0.6) is 5.75 Å². The molecule has 0 aliphatic heterocycles. The van der Waals surface area contributed by atoms with E-state index in [9.17, 15) is 9.59 Å². The molecule has 1 aromatic rings. The summed E-state index contributed by atoms with van der Waals surface area (Å²) in [7, 11) is 0. The molecule has 1 fully saturated rings. The first-order chi connectivity index (χ1) is 11.9. The number of aliphatic carboxylic acids is 1. The number of nitrogens with zero attached hydrogens (tertiary/aromatic N) is 1. The van der Waals surface area contributed by atoms with E-state index in [1.165, 1.54) is 0 Å². The summed E-state index contributed by atoms with van der Waals surface area (Å²) in [6, 6.07) is 7.29. The predicted molar refractivity (Wildman–Crippen MR) is 96.1 cm³/mol. The fraction of sp³-hybridized carbons (Fsp3) is 0.556. The van der Waals surface area contributed by atoms with E-state index in [0.717, 1.165) is 18.6 Å². The Bertz CT molecular complexity index is 582. The van der Waals surface area contributed by atoms with Crippen LogP contribution >= 0.6 is 0 Å². The van der Waals surface area contributed by atoms with Crippen molar-refractivity contribution in [2.24, 2.45) is 0 Å². The average Bonchev–Trinajstić information content (AvgIpc) is 2.49. The van der Waals surface area contributed by atoms with Gasteiger partial charge in [-0.25, -0.2) is 4.79 Å². The fourth-order valence-electron chi connectivity index (χ4n) is 2.92. The quantitative estimate of drug-likeness (QED) is 0.671. The lowest BCUT2D eigenvalue weighted by atomic mass is 9.85. The highest BCUT2D eigenvalue weighted by atomic mass is 16.5. The third-order valence-electron chi connectivity index (χ3n) is 4.19. The Morgan fingerprint density at radius 2 is 1.92 bits per heavy atom. The van der Waals surface area contributed by atoms with Crippen molar-refractivity contribution in [3.8, 4) is 5.75 Å². The Morgan fingerprint density at radius 3 is 2.44 bits per heavy atom. The Kier molecular flexibility index (Phi) is 6.64. The average molecular weight is 349 g/mol. The van der Waals surface area contributed by atoms with Crippen LogP contribution in [-0.2, 0) is 4.79 Å². The van der Waals surface area contributed by atoms with E-state index in [1.54, 1.807) is 12.1 Å². The van der Waals surface area contributed by atoms with Crippen molar-refractivity contribution in [1.29, 1.82) is 0 Å². The third-order valence-corrected chi connectivity index (χ3v) is 4.19. The minimum absolute atomic E-state index is 0.0465. The van der Waals surface area contributed by atoms with Crippen LogP contribution in [0.15, 0.2) is 24.3 Å². The number of ether oxygens (including phenoxy) is 1. The third kappa shape index (κ3) is 5.94. The van der Waals surface area contributed by atoms with Gasteiger partial charge in [0.25, 0.3) is 0 Å². The second kappa shape index (κ2) is 8.71. The highest BCUT2D eigenvalue weighted by Crippen LogP contribution is 2.25. The molecule has 1 saturated carbocycles. The fourth-order valence-corrected chi connectivity index (χ4v) is 2.92. The molecule has 0 spiro atoms. The van der Waals surface area contributed by atoms with Gasteiger partial charge in [-0.15, -0.1) is 0 Å². The highest BCUT2D eigenvalue weighted by Gasteiger charge is 2.34. The van der Waals surface area contributed by atoms with E-state index in [0.29, 0.717) is 12.2 Å². The zero-order valence-corrected chi connectivity index (χ0v) is 15.0. The maximum atomic E-state index is 12.0. The Labute approximate surface area is 148 Å². The number of carboxylic acid groups (broad SMARTS) is 1. The molecular weight excluding hydrogens is 322 g/mol. The number of carbonyl (C=O) groups excluding carboxylic acids is 1. The molecule has 138 valence electrons. The summed E-state index contributed by atoms with van der Waals surface area (Å²) < 4.78 is 5.56. The molecule has 1 aromatic carbocycles. The molecule has 0 aromatic heterocycles. The van der Waals surface area contributed by atoms with Gasteiger partial charge in [0.15, 0.2) is 0 Å². The summed E-state index contributed by atoms with van der Waals surface area (Å²) >= 11 is 0. The number of urea groups is 1. The van der Waals surface area contributed by atoms with Gasteiger partial charge in [-0.05, 0) is 57.5 Å². The van der Waals surface area contributed by atoms with Crippen LogP contribution in [0.1, 0.15) is 33.6 Å². The molecule has 3 N–H and O–H groups in total. The molecule has 0 radical (unpaired) electrons. The number of carboxylic acids is 1. The molecule has 2 amide bonds. The van der Waals surface area contributed by atoms with E-state index in [-0.39, 0.29) is 30.8 Å². The molecule has 7 heteroatoms. The zero-order valence-electron chi connectivity index (χ0n) is 15.0. The van der Waals surface area contributed by atoms with Gasteiger partial charge in [0.05, 0.1) is 12.6 Å². The number of likely N-dealkylation sites (N-methyl/N-ethyl adjacent to an activating group) is 1. The predicted octanol–water partition coefficient (Wildman–Crippen LogP) is 2.53. The lowest BCUT2D eigenvalue weighted by molar-refractivity contribution is -0.139. The van der Waals surface area contributed by atoms with Crippen molar-refractivity contribution < 1.29 is 19.4 Å². The van der Waals surface area contributed by atoms with Gasteiger partial charge in [0.1, 0.15) is 5.75 Å². The molecular formula is C18H27N3O4. The van der Waals surface area contributed by atoms with Crippen molar-refractivity contribution in [3.63, 3.8) is 0 Å². The van der Waals surface area contributed by atoms with E-state index in [2.05, 4.69) is 10.6 Å². The standard InChI is InChI=1S/C18H27N3O4/c1-4-21(11-17(22)23)15-9-14(10-15)20-18(24)19-13-5-7-16(8-6-13)25-12(2)3/h5-8,12,14-15H,4,9-11H2,1-3H3,(H,22,23)(H2,19,20,24). The van der Waals surface area contributed by atoms with Crippen LogP contribution in [0.4, 0.5) is 10.5 Å². The van der Waals surface area contributed by atoms with Crippen molar-refractivity contribution in [2.45, 2.75) is 51.8 Å². The SMILES string of the molecule is CCN(CC(=O)O)C1CC(NC(=O)Nc2ccc(OC(C)C)cc2)C1. The van der Waals surface area contributed by atoms with E-state index in [1.807, 2.05) is 37.8 Å². The molecule has 7 nitrogen and oxygen atoms in total. The lowest BCUT2D eigenvalue weighted by Gasteiger charge is -2.42. The number of benzene rings is 1. The van der Waals surface area contributed by atoms with Gasteiger partial charge < -0.3 is 20.5 Å². The van der Waals surface area contributed by atoms with Crippen LogP contribution in [0.2, 0.25) is 0 Å². The Hall–Kier alpha value is -2.28. The number of hydrogen-bond donors (Lipinski definition) is 3. The molecule has 0 unspecified atom stereocenters. The number of nitrogens with one attached hydrogen (secondary N) is 2. The minimum atomic E-state index is -0.819. The number of amides is 2. The molecule has 0 heterocycles. The smallest absolute Gasteiger partial charge is 0.319 e. The molecule has 0 bridgehead atoms. The summed E-state index contributed by atoms with van der Waals surface area (Å²) in [5, 5.41) is 14.6. The van der Waals surface area contributed by atoms with Gasteiger partial charge in [0, 0.05) is 17.8 Å². The molecule has 0 saturated heterocycles. The Balaban J connectivity index is 1.74. The van der Waals surface area contributed by atoms with Crippen molar-refractivity contribution >= 4 is 17.7 Å². The maximum Gasteiger partial charge on any atom is 0.319 e. The summed E-state index contributed by atoms with van der Waals surface area (Å²) in [5.74, 6) is -0.0539. The molecule has 25 heavy (non-hydrogen) atoms. The summed E-state index contributed by atoms with van der Waals surface area (Å²) in [5.41, 5.74) is 0.700. The minimum Gasteiger partial charge on any atom is -0.491 e. The number of rotatable bonds is 8. The largest absolute Gasteiger partial charge is 0.491 e. The van der Waals surface area contributed by atoms with Crippen LogP contribution < -0.4 is 15.4 Å². The van der Waals surface area contributed by atoms with Gasteiger partial charge in [-0.3, -0.25) is 9.69 Å². The zero-order chi connectivity index (χ0) is 18.4.